The minimum Gasteiger partial charge on any atom is -0.387 e. The van der Waals surface area contributed by atoms with Crippen molar-refractivity contribution in [3.63, 3.8) is 0 Å². The maximum Gasteiger partial charge on any atom is 0.195 e. The Labute approximate surface area is 141 Å². The summed E-state index contributed by atoms with van der Waals surface area (Å²) in [7, 11) is 0. The van der Waals surface area contributed by atoms with Crippen LogP contribution in [-0.2, 0) is 0 Å². The summed E-state index contributed by atoms with van der Waals surface area (Å²) in [5.74, 6) is -0.155. The maximum atomic E-state index is 13.7. The molecule has 7 heteroatoms. The van der Waals surface area contributed by atoms with E-state index in [9.17, 15) is 9.50 Å². The first-order valence-electron chi connectivity index (χ1n) is 6.86. The summed E-state index contributed by atoms with van der Waals surface area (Å²) in [6.07, 6.45) is 0.648. The molecule has 3 rings (SSSR count). The third-order valence-electron chi connectivity index (χ3n) is 3.24. The molecule has 1 unspecified atom stereocenters. The van der Waals surface area contributed by atoms with Crippen LogP contribution in [0.3, 0.4) is 0 Å². The number of benzene rings is 2. The highest BCUT2D eigenvalue weighted by Gasteiger charge is 2.15. The molecule has 0 aliphatic heterocycles. The first-order valence-corrected chi connectivity index (χ1v) is 8.23. The zero-order chi connectivity index (χ0) is 16.2. The molecule has 0 spiro atoms. The number of hydrogen-bond acceptors (Lipinski definition) is 4. The van der Waals surface area contributed by atoms with E-state index in [2.05, 4.69) is 10.2 Å². The molecule has 0 bridgehead atoms. The molecule has 1 heterocycles. The fourth-order valence-corrected chi connectivity index (χ4v) is 3.18. The Kier molecular flexibility index (Phi) is 4.95. The van der Waals surface area contributed by atoms with E-state index in [-0.39, 0.29) is 11.3 Å². The van der Waals surface area contributed by atoms with Crippen molar-refractivity contribution in [1.82, 2.24) is 14.8 Å². The van der Waals surface area contributed by atoms with E-state index >= 15 is 0 Å². The smallest absolute Gasteiger partial charge is 0.195 e. The number of thioether (sulfide) groups is 1. The quantitative estimate of drug-likeness (QED) is 0.710. The lowest BCUT2D eigenvalue weighted by Gasteiger charge is -2.12. The van der Waals surface area contributed by atoms with Crippen LogP contribution < -0.4 is 0 Å². The van der Waals surface area contributed by atoms with Gasteiger partial charge in [0.1, 0.15) is 12.1 Å². The Balaban J connectivity index is 1.75. The zero-order valence-electron chi connectivity index (χ0n) is 11.9. The number of aliphatic hydroxyl groups is 1. The summed E-state index contributed by atoms with van der Waals surface area (Å²) in [5.41, 5.74) is 1.10. The summed E-state index contributed by atoms with van der Waals surface area (Å²) in [6.45, 7) is 0. The van der Waals surface area contributed by atoms with Crippen LogP contribution in [-0.4, -0.2) is 25.6 Å². The highest BCUT2D eigenvalue weighted by atomic mass is 35.5. The summed E-state index contributed by atoms with van der Waals surface area (Å²) >= 11 is 7.29. The molecule has 3 aromatic rings. The molecule has 1 atom stereocenters. The third-order valence-corrected chi connectivity index (χ3v) is 4.49. The number of aliphatic hydroxyl groups excluding tert-OH is 1. The molecule has 4 nitrogen and oxygen atoms in total. The van der Waals surface area contributed by atoms with E-state index < -0.39 is 11.9 Å². The molecule has 118 valence electrons. The highest BCUT2D eigenvalue weighted by molar-refractivity contribution is 7.99. The van der Waals surface area contributed by atoms with Gasteiger partial charge in [-0.05, 0) is 24.3 Å². The van der Waals surface area contributed by atoms with E-state index in [0.29, 0.717) is 10.2 Å². The third kappa shape index (κ3) is 3.72. The van der Waals surface area contributed by atoms with Crippen molar-refractivity contribution < 1.29 is 9.50 Å². The van der Waals surface area contributed by atoms with Crippen molar-refractivity contribution in [2.75, 3.05) is 5.75 Å². The molecule has 1 N–H and O–H groups in total. The number of hydrogen-bond donors (Lipinski definition) is 1. The van der Waals surface area contributed by atoms with E-state index in [1.54, 1.807) is 41.2 Å². The van der Waals surface area contributed by atoms with Crippen LogP contribution in [0.15, 0.2) is 60.0 Å². The van der Waals surface area contributed by atoms with E-state index in [4.69, 9.17) is 11.6 Å². The molecule has 0 radical (unpaired) electrons. The van der Waals surface area contributed by atoms with Crippen LogP contribution in [0.2, 0.25) is 5.02 Å². The minimum atomic E-state index is -0.925. The number of rotatable bonds is 5. The van der Waals surface area contributed by atoms with Crippen molar-refractivity contribution in [3.05, 3.63) is 71.3 Å². The molecule has 0 saturated carbocycles. The topological polar surface area (TPSA) is 50.9 Å². The SMILES string of the molecule is OC(CSc1nncn1-c1cccc(Cl)c1)c1ccccc1F. The van der Waals surface area contributed by atoms with E-state index in [1.165, 1.54) is 17.8 Å². The van der Waals surface area contributed by atoms with Gasteiger partial charge in [0.2, 0.25) is 0 Å². The van der Waals surface area contributed by atoms with Crippen molar-refractivity contribution >= 4 is 23.4 Å². The van der Waals surface area contributed by atoms with Crippen LogP contribution in [0.25, 0.3) is 5.69 Å². The lowest BCUT2D eigenvalue weighted by atomic mass is 10.1. The molecular formula is C16H13ClFN3OS. The molecule has 0 amide bonds. The van der Waals surface area contributed by atoms with Crippen LogP contribution in [0.5, 0.6) is 0 Å². The van der Waals surface area contributed by atoms with Gasteiger partial charge in [-0.1, -0.05) is 47.6 Å². The van der Waals surface area contributed by atoms with Gasteiger partial charge < -0.3 is 5.11 Å². The Morgan fingerprint density at radius 3 is 2.83 bits per heavy atom. The number of nitrogens with zero attached hydrogens (tertiary/aromatic N) is 3. The van der Waals surface area contributed by atoms with Gasteiger partial charge in [0.15, 0.2) is 5.16 Å². The predicted molar refractivity (Wildman–Crippen MR) is 88.5 cm³/mol. The fraction of sp³-hybridized carbons (Fsp3) is 0.125. The van der Waals surface area contributed by atoms with Gasteiger partial charge in [-0.15, -0.1) is 10.2 Å². The van der Waals surface area contributed by atoms with Crippen molar-refractivity contribution in [2.24, 2.45) is 0 Å². The summed E-state index contributed by atoms with van der Waals surface area (Å²) in [5, 5.41) is 19.3. The van der Waals surface area contributed by atoms with Crippen LogP contribution in [0.4, 0.5) is 4.39 Å². The van der Waals surface area contributed by atoms with Gasteiger partial charge in [-0.2, -0.15) is 0 Å². The Morgan fingerprint density at radius 1 is 1.22 bits per heavy atom. The summed E-state index contributed by atoms with van der Waals surface area (Å²) in [6, 6.07) is 13.5. The van der Waals surface area contributed by atoms with Gasteiger partial charge in [0.05, 0.1) is 11.8 Å². The van der Waals surface area contributed by atoms with Crippen LogP contribution in [0.1, 0.15) is 11.7 Å². The molecule has 2 aromatic carbocycles. The molecule has 23 heavy (non-hydrogen) atoms. The Morgan fingerprint density at radius 2 is 2.04 bits per heavy atom. The Bertz CT molecular complexity index is 811. The second-order valence-corrected chi connectivity index (χ2v) is 6.24. The monoisotopic (exact) mass is 349 g/mol. The van der Waals surface area contributed by atoms with E-state index in [0.717, 1.165) is 5.69 Å². The second-order valence-electron chi connectivity index (χ2n) is 4.81. The van der Waals surface area contributed by atoms with Crippen LogP contribution in [0, 0.1) is 5.82 Å². The van der Waals surface area contributed by atoms with E-state index in [1.807, 2.05) is 12.1 Å². The molecule has 0 aliphatic rings. The van der Waals surface area contributed by atoms with Crippen LogP contribution >= 0.6 is 23.4 Å². The zero-order valence-corrected chi connectivity index (χ0v) is 13.5. The second kappa shape index (κ2) is 7.12. The summed E-state index contributed by atoms with van der Waals surface area (Å²) < 4.78 is 15.4. The standard InChI is InChI=1S/C16H13ClFN3OS/c17-11-4-3-5-12(8-11)21-10-19-20-16(21)23-9-15(22)13-6-1-2-7-14(13)18/h1-8,10,15,22H,9H2. The highest BCUT2D eigenvalue weighted by Crippen LogP contribution is 2.27. The van der Waals surface area contributed by atoms with Gasteiger partial charge in [-0.25, -0.2) is 4.39 Å². The first kappa shape index (κ1) is 16.0. The van der Waals surface area contributed by atoms with Gasteiger partial charge >= 0.3 is 0 Å². The average Bonchev–Trinajstić information content (AvgIpc) is 3.01. The van der Waals surface area contributed by atoms with Gasteiger partial charge in [-0.3, -0.25) is 4.57 Å². The molecular weight excluding hydrogens is 337 g/mol. The molecule has 1 aromatic heterocycles. The number of halogens is 2. The normalized spacial score (nSPS) is 12.3. The molecule has 0 fully saturated rings. The molecule has 0 saturated heterocycles. The van der Waals surface area contributed by atoms with Crippen molar-refractivity contribution in [2.45, 2.75) is 11.3 Å². The van der Waals surface area contributed by atoms with Gasteiger partial charge in [0, 0.05) is 16.3 Å². The fourth-order valence-electron chi connectivity index (χ4n) is 2.11. The summed E-state index contributed by atoms with van der Waals surface area (Å²) in [4.78, 5) is 0. The molecule has 0 aliphatic carbocycles. The predicted octanol–water partition coefficient (Wildman–Crippen LogP) is 3.89. The lowest BCUT2D eigenvalue weighted by Crippen LogP contribution is -2.04. The largest absolute Gasteiger partial charge is 0.387 e. The van der Waals surface area contributed by atoms with Gasteiger partial charge in [0.25, 0.3) is 0 Å². The maximum absolute atomic E-state index is 13.7. The number of aromatic nitrogens is 3. The first-order chi connectivity index (χ1) is 11.1. The average molecular weight is 350 g/mol. The van der Waals surface area contributed by atoms with Crippen molar-refractivity contribution in [1.29, 1.82) is 0 Å². The lowest BCUT2D eigenvalue weighted by molar-refractivity contribution is 0.199. The Hall–Kier alpha value is -1.89. The minimum absolute atomic E-state index is 0.264. The van der Waals surface area contributed by atoms with Crippen molar-refractivity contribution in [3.8, 4) is 5.69 Å².